The van der Waals surface area contributed by atoms with Gasteiger partial charge in [0, 0.05) is 22.8 Å². The Labute approximate surface area is 148 Å². The summed E-state index contributed by atoms with van der Waals surface area (Å²) in [4.78, 5) is 34.4. The summed E-state index contributed by atoms with van der Waals surface area (Å²) in [6.07, 6.45) is 1.73. The van der Waals surface area contributed by atoms with Crippen LogP contribution in [-0.2, 0) is 9.59 Å². The molecule has 1 aromatic carbocycles. The molecule has 1 N–H and O–H groups in total. The lowest BCUT2D eigenvalue weighted by atomic mass is 10.1. The number of aliphatic carboxylic acids is 1. The van der Waals surface area contributed by atoms with E-state index in [2.05, 4.69) is 5.32 Å². The van der Waals surface area contributed by atoms with Gasteiger partial charge in [-0.05, 0) is 37.8 Å². The van der Waals surface area contributed by atoms with E-state index in [1.807, 2.05) is 0 Å². The van der Waals surface area contributed by atoms with Gasteiger partial charge in [-0.25, -0.2) is 4.79 Å². The molecule has 0 unspecified atom stereocenters. The zero-order valence-corrected chi connectivity index (χ0v) is 14.9. The van der Waals surface area contributed by atoms with Gasteiger partial charge in [0.1, 0.15) is 11.3 Å². The Morgan fingerprint density at radius 3 is 2.72 bits per heavy atom. The van der Waals surface area contributed by atoms with Crippen molar-refractivity contribution in [3.05, 3.63) is 39.7 Å². The molecule has 25 heavy (non-hydrogen) atoms. The average molecular weight is 364 g/mol. The molecule has 134 valence electrons. The molecule has 0 aliphatic carbocycles. The highest BCUT2D eigenvalue weighted by atomic mass is 32.2. The van der Waals surface area contributed by atoms with Crippen molar-refractivity contribution < 1.29 is 23.8 Å². The molecule has 8 heteroatoms. The van der Waals surface area contributed by atoms with Gasteiger partial charge < -0.3 is 24.4 Å². The van der Waals surface area contributed by atoms with Gasteiger partial charge in [-0.1, -0.05) is 0 Å². The van der Waals surface area contributed by atoms with Crippen LogP contribution in [0.3, 0.4) is 0 Å². The third-order valence-corrected chi connectivity index (χ3v) is 4.30. The fourth-order valence-electron chi connectivity index (χ4n) is 2.37. The van der Waals surface area contributed by atoms with E-state index in [1.54, 1.807) is 32.2 Å². The Balaban J connectivity index is 2.13. The Bertz CT molecular complexity index is 860. The third kappa shape index (κ3) is 4.54. The molecule has 1 aromatic heterocycles. The summed E-state index contributed by atoms with van der Waals surface area (Å²) < 4.78 is 10.7. The molecule has 2 aromatic rings. The van der Waals surface area contributed by atoms with Crippen molar-refractivity contribution in [1.29, 1.82) is 0 Å². The van der Waals surface area contributed by atoms with E-state index >= 15 is 0 Å². The molecule has 0 spiro atoms. The van der Waals surface area contributed by atoms with E-state index in [0.717, 1.165) is 10.9 Å². The predicted molar refractivity (Wildman–Crippen MR) is 92.8 cm³/mol. The number of amides is 1. The lowest BCUT2D eigenvalue weighted by molar-refractivity contribution is -0.307. The standard InChI is InChI=1S/C17H19NO6S/c1-9-6-15(20)24-16-10(2)13(5-4-11(9)16)23-7-14(19)18-12(8-25-3)17(21)22/h4-6,12H,7-8H2,1-3H3,(H,18,19)(H,21,22)/p-1/t12-/m0/s1. The van der Waals surface area contributed by atoms with Gasteiger partial charge in [0.2, 0.25) is 0 Å². The first kappa shape index (κ1) is 18.9. The van der Waals surface area contributed by atoms with E-state index in [0.29, 0.717) is 16.9 Å². The molecule has 2 rings (SSSR count). The van der Waals surface area contributed by atoms with Crippen molar-refractivity contribution in [3.63, 3.8) is 0 Å². The van der Waals surface area contributed by atoms with E-state index in [9.17, 15) is 19.5 Å². The van der Waals surface area contributed by atoms with Crippen molar-refractivity contribution in [2.45, 2.75) is 19.9 Å². The first-order valence-electron chi connectivity index (χ1n) is 7.49. The fraction of sp³-hybridized carbons (Fsp3) is 0.353. The van der Waals surface area contributed by atoms with E-state index < -0.39 is 23.5 Å². The number of rotatable bonds is 7. The van der Waals surface area contributed by atoms with Crippen molar-refractivity contribution in [2.24, 2.45) is 0 Å². The van der Waals surface area contributed by atoms with Crippen LogP contribution in [0.25, 0.3) is 11.0 Å². The fourth-order valence-corrected chi connectivity index (χ4v) is 2.92. The summed E-state index contributed by atoms with van der Waals surface area (Å²) in [5.41, 5.74) is 1.31. The maximum Gasteiger partial charge on any atom is 0.336 e. The minimum atomic E-state index is -1.35. The summed E-state index contributed by atoms with van der Waals surface area (Å²) in [6, 6.07) is 3.74. The second-order valence-corrected chi connectivity index (χ2v) is 6.41. The Hall–Kier alpha value is -2.48. The van der Waals surface area contributed by atoms with E-state index in [-0.39, 0.29) is 12.4 Å². The largest absolute Gasteiger partial charge is 0.548 e. The van der Waals surface area contributed by atoms with Gasteiger partial charge in [-0.2, -0.15) is 11.8 Å². The maximum absolute atomic E-state index is 11.9. The number of aryl methyl sites for hydroxylation is 2. The number of carbonyl (C=O) groups is 2. The molecular weight excluding hydrogens is 346 g/mol. The number of hydrogen-bond donors (Lipinski definition) is 1. The van der Waals surface area contributed by atoms with Crippen LogP contribution in [0, 0.1) is 13.8 Å². The number of carboxylic acid groups (broad SMARTS) is 1. The number of carbonyl (C=O) groups excluding carboxylic acids is 2. The van der Waals surface area contributed by atoms with Crippen molar-refractivity contribution in [3.8, 4) is 5.75 Å². The van der Waals surface area contributed by atoms with Crippen LogP contribution in [0.15, 0.2) is 27.4 Å². The second-order valence-electron chi connectivity index (χ2n) is 5.50. The van der Waals surface area contributed by atoms with Crippen LogP contribution in [0.5, 0.6) is 5.75 Å². The molecule has 7 nitrogen and oxygen atoms in total. The predicted octanol–water partition coefficient (Wildman–Crippen LogP) is 0.386. The lowest BCUT2D eigenvalue weighted by Gasteiger charge is -2.19. The van der Waals surface area contributed by atoms with E-state index in [4.69, 9.17) is 9.15 Å². The minimum Gasteiger partial charge on any atom is -0.548 e. The third-order valence-electron chi connectivity index (χ3n) is 3.63. The molecule has 0 fully saturated rings. The number of benzene rings is 1. The molecule has 0 aliphatic rings. The normalized spacial score (nSPS) is 12.0. The summed E-state index contributed by atoms with van der Waals surface area (Å²) in [6.45, 7) is 3.16. The van der Waals surface area contributed by atoms with Crippen LogP contribution in [0.2, 0.25) is 0 Å². The first-order chi connectivity index (χ1) is 11.8. The maximum atomic E-state index is 11.9. The highest BCUT2D eigenvalue weighted by molar-refractivity contribution is 7.98. The van der Waals surface area contributed by atoms with Crippen LogP contribution >= 0.6 is 11.8 Å². The van der Waals surface area contributed by atoms with Gasteiger partial charge in [-0.15, -0.1) is 0 Å². The van der Waals surface area contributed by atoms with Crippen molar-refractivity contribution >= 4 is 34.6 Å². The summed E-state index contributed by atoms with van der Waals surface area (Å²) >= 11 is 1.28. The molecule has 0 radical (unpaired) electrons. The Kier molecular flexibility index (Phi) is 6.08. The number of ether oxygens (including phenoxy) is 1. The smallest absolute Gasteiger partial charge is 0.336 e. The molecule has 0 saturated heterocycles. The Morgan fingerprint density at radius 1 is 1.36 bits per heavy atom. The summed E-state index contributed by atoms with van der Waals surface area (Å²) in [7, 11) is 0. The molecule has 0 saturated carbocycles. The van der Waals surface area contributed by atoms with Crippen LogP contribution in [0.1, 0.15) is 11.1 Å². The molecular formula is C17H18NO6S-. The van der Waals surface area contributed by atoms with Gasteiger partial charge >= 0.3 is 5.63 Å². The average Bonchev–Trinajstić information content (AvgIpc) is 2.54. The molecule has 0 aliphatic heterocycles. The summed E-state index contributed by atoms with van der Waals surface area (Å²) in [5, 5.41) is 14.1. The lowest BCUT2D eigenvalue weighted by Crippen LogP contribution is -2.50. The van der Waals surface area contributed by atoms with E-state index in [1.165, 1.54) is 17.8 Å². The van der Waals surface area contributed by atoms with Gasteiger partial charge in [0.25, 0.3) is 5.91 Å². The van der Waals surface area contributed by atoms with Gasteiger partial charge in [0.05, 0.1) is 12.0 Å². The topological polar surface area (TPSA) is 109 Å². The number of nitrogens with one attached hydrogen (secondary N) is 1. The van der Waals surface area contributed by atoms with Crippen molar-refractivity contribution in [2.75, 3.05) is 18.6 Å². The quantitative estimate of drug-likeness (QED) is 0.708. The molecule has 1 atom stereocenters. The Morgan fingerprint density at radius 2 is 2.08 bits per heavy atom. The number of hydrogen-bond acceptors (Lipinski definition) is 7. The zero-order chi connectivity index (χ0) is 18.6. The van der Waals surface area contributed by atoms with Crippen LogP contribution in [-0.4, -0.2) is 36.5 Å². The van der Waals surface area contributed by atoms with Crippen molar-refractivity contribution in [1.82, 2.24) is 5.32 Å². The first-order valence-corrected chi connectivity index (χ1v) is 8.89. The highest BCUT2D eigenvalue weighted by Crippen LogP contribution is 2.28. The monoisotopic (exact) mass is 364 g/mol. The van der Waals surface area contributed by atoms with Crippen LogP contribution in [0.4, 0.5) is 0 Å². The molecule has 1 amide bonds. The molecule has 0 bridgehead atoms. The zero-order valence-electron chi connectivity index (χ0n) is 14.1. The second kappa shape index (κ2) is 8.06. The SMILES string of the molecule is CSC[C@H](NC(=O)COc1ccc2c(C)cc(=O)oc2c1C)C(=O)[O-]. The molecule has 1 heterocycles. The number of thioether (sulfide) groups is 1. The van der Waals surface area contributed by atoms with Gasteiger partial charge in [0.15, 0.2) is 6.61 Å². The number of carboxylic acids is 1. The summed E-state index contributed by atoms with van der Waals surface area (Å²) in [5.74, 6) is -1.34. The van der Waals surface area contributed by atoms with Crippen LogP contribution < -0.4 is 20.8 Å². The minimum absolute atomic E-state index is 0.202. The number of fused-ring (bicyclic) bond motifs is 1. The highest BCUT2D eigenvalue weighted by Gasteiger charge is 2.15. The van der Waals surface area contributed by atoms with Gasteiger partial charge in [-0.3, -0.25) is 4.79 Å².